The molecular weight excluding hydrogens is 689 g/mol. The molecule has 2 aliphatic carbocycles. The second-order valence-electron chi connectivity index (χ2n) is 16.6. The van der Waals surface area contributed by atoms with E-state index in [0.717, 1.165) is 62.8 Å². The van der Waals surface area contributed by atoms with Crippen LogP contribution in [0.25, 0.3) is 10.9 Å². The van der Waals surface area contributed by atoms with E-state index in [9.17, 15) is 27.9 Å². The first-order valence-corrected chi connectivity index (χ1v) is 18.7. The molecule has 2 saturated carbocycles. The monoisotopic (exact) mass is 742 g/mol. The van der Waals surface area contributed by atoms with Crippen LogP contribution in [0.15, 0.2) is 36.5 Å². The van der Waals surface area contributed by atoms with E-state index < -0.39 is 29.0 Å². The number of benzene rings is 1. The summed E-state index contributed by atoms with van der Waals surface area (Å²) in [6, 6.07) is 6.65. The van der Waals surface area contributed by atoms with Crippen LogP contribution < -0.4 is 10.1 Å². The van der Waals surface area contributed by atoms with E-state index in [1.165, 1.54) is 38.9 Å². The molecule has 3 aromatic rings. The zero-order valence-electron chi connectivity index (χ0n) is 31.5. The number of pyridine rings is 1. The van der Waals surface area contributed by atoms with Crippen molar-refractivity contribution in [1.29, 1.82) is 0 Å². The highest BCUT2D eigenvalue weighted by molar-refractivity contribution is 6.05. The minimum absolute atomic E-state index is 0.0857. The molecule has 0 radical (unpaired) electrons. The number of nitrogens with one attached hydrogen (secondary N) is 1. The summed E-state index contributed by atoms with van der Waals surface area (Å²) in [6.45, 7) is 8.81. The summed E-state index contributed by atoms with van der Waals surface area (Å²) in [5, 5.41) is 19.8. The number of methoxy groups -OCH3 is 1. The summed E-state index contributed by atoms with van der Waals surface area (Å²) >= 11 is 0. The number of amides is 2. The Morgan fingerprint density at radius 3 is 2.32 bits per heavy atom. The van der Waals surface area contributed by atoms with Crippen LogP contribution >= 0.6 is 0 Å². The number of ether oxygens (including phenoxy) is 2. The van der Waals surface area contributed by atoms with Crippen molar-refractivity contribution in [2.75, 3.05) is 45.7 Å². The number of hydrogen-bond acceptors (Lipinski definition) is 8. The SMILES string of the molecule is COc1cc2nn(C3CCC(O)(CN(C)CC4CCC5(CC4)CCN(C(=O)OC(C)(C)C)CC5)CC3)cc2cc1NC(=O)c1cccc(C(F)(F)F)n1. The molecule has 6 rings (SSSR count). The van der Waals surface area contributed by atoms with Crippen LogP contribution in [0.4, 0.5) is 23.7 Å². The number of likely N-dealkylation sites (tertiary alicyclic amines) is 1. The molecule has 0 bridgehead atoms. The van der Waals surface area contributed by atoms with Gasteiger partial charge in [0.05, 0.1) is 30.0 Å². The number of nitrogens with zero attached hydrogens (tertiary/aromatic N) is 5. The van der Waals surface area contributed by atoms with Crippen molar-refractivity contribution in [2.45, 2.75) is 108 Å². The maximum atomic E-state index is 13.1. The lowest BCUT2D eigenvalue weighted by atomic mass is 9.65. The highest BCUT2D eigenvalue weighted by atomic mass is 19.4. The summed E-state index contributed by atoms with van der Waals surface area (Å²) < 4.78 is 52.4. The molecule has 3 heterocycles. The number of fused-ring (bicyclic) bond motifs is 1. The Hall–Kier alpha value is -3.91. The standard InChI is InChI=1S/C39H53F3N6O5/c1-36(2,3)53-35(50)47-19-17-37(18-20-47)13-9-26(10-14-37)23-46(4)25-38(51)15-11-28(12-16-38)48-24-27-21-31(32(52-5)22-30(27)45-48)44-34(49)29-7-6-8-33(43-29)39(40,41)42/h6-8,21-22,24,26,28,51H,9-20,23,25H2,1-5H3,(H,44,49). The molecule has 3 fully saturated rings. The Morgan fingerprint density at radius 1 is 1.02 bits per heavy atom. The zero-order valence-corrected chi connectivity index (χ0v) is 31.5. The number of alkyl halides is 3. The number of hydrogen-bond donors (Lipinski definition) is 2. The van der Waals surface area contributed by atoms with Crippen molar-refractivity contribution >= 4 is 28.6 Å². The molecule has 1 saturated heterocycles. The average Bonchev–Trinajstić information content (AvgIpc) is 3.51. The molecule has 2 N–H and O–H groups in total. The fraction of sp³-hybridized carbons (Fsp3) is 0.641. The topological polar surface area (TPSA) is 122 Å². The highest BCUT2D eigenvalue weighted by Gasteiger charge is 2.41. The molecule has 14 heteroatoms. The molecule has 2 aromatic heterocycles. The molecule has 0 unspecified atom stereocenters. The van der Waals surface area contributed by atoms with Gasteiger partial charge in [-0.05, 0) is 122 Å². The first-order valence-electron chi connectivity index (χ1n) is 18.7. The van der Waals surface area contributed by atoms with Crippen molar-refractivity contribution in [1.82, 2.24) is 24.6 Å². The smallest absolute Gasteiger partial charge is 0.433 e. The molecule has 290 valence electrons. The zero-order chi connectivity index (χ0) is 38.2. The fourth-order valence-electron chi connectivity index (χ4n) is 8.46. The molecule has 11 nitrogen and oxygen atoms in total. The minimum Gasteiger partial charge on any atom is -0.494 e. The van der Waals surface area contributed by atoms with Gasteiger partial charge in [-0.25, -0.2) is 9.78 Å². The van der Waals surface area contributed by atoms with Gasteiger partial charge in [0.2, 0.25) is 0 Å². The molecule has 0 atom stereocenters. The number of halogens is 3. The minimum atomic E-state index is -4.67. The van der Waals surface area contributed by atoms with Gasteiger partial charge in [0.15, 0.2) is 0 Å². The largest absolute Gasteiger partial charge is 0.494 e. The van der Waals surface area contributed by atoms with Crippen molar-refractivity contribution in [3.8, 4) is 5.75 Å². The second-order valence-corrected chi connectivity index (χ2v) is 16.6. The van der Waals surface area contributed by atoms with E-state index >= 15 is 0 Å². The normalized spacial score (nSPS) is 22.7. The second kappa shape index (κ2) is 15.1. The van der Waals surface area contributed by atoms with Crippen LogP contribution in [0.2, 0.25) is 0 Å². The van der Waals surface area contributed by atoms with Gasteiger partial charge in [-0.15, -0.1) is 0 Å². The summed E-state index contributed by atoms with van der Waals surface area (Å²) in [4.78, 5) is 33.0. The lowest BCUT2D eigenvalue weighted by Crippen LogP contribution is -2.47. The Bertz CT molecular complexity index is 1760. The van der Waals surface area contributed by atoms with Crippen molar-refractivity contribution in [3.05, 3.63) is 47.9 Å². The summed E-state index contributed by atoms with van der Waals surface area (Å²) in [7, 11) is 3.56. The third-order valence-corrected chi connectivity index (χ3v) is 11.4. The Kier molecular flexibility index (Phi) is 11.0. The first-order chi connectivity index (χ1) is 24.9. The van der Waals surface area contributed by atoms with E-state index in [1.807, 2.05) is 36.5 Å². The molecule has 1 aromatic carbocycles. The third kappa shape index (κ3) is 9.43. The third-order valence-electron chi connectivity index (χ3n) is 11.4. The fourth-order valence-corrected chi connectivity index (χ4v) is 8.46. The number of piperidine rings is 1. The van der Waals surface area contributed by atoms with Gasteiger partial charge >= 0.3 is 12.3 Å². The van der Waals surface area contributed by atoms with Crippen LogP contribution in [0.1, 0.15) is 107 Å². The molecular formula is C39H53F3N6O5. The van der Waals surface area contributed by atoms with E-state index in [1.54, 1.807) is 12.1 Å². The lowest BCUT2D eigenvalue weighted by Gasteiger charge is -2.46. The van der Waals surface area contributed by atoms with Crippen molar-refractivity contribution in [3.63, 3.8) is 0 Å². The van der Waals surface area contributed by atoms with Gasteiger partial charge < -0.3 is 29.7 Å². The Balaban J connectivity index is 0.986. The summed E-state index contributed by atoms with van der Waals surface area (Å²) in [6.07, 6.45) is 6.61. The quantitative estimate of drug-likeness (QED) is 0.241. The maximum absolute atomic E-state index is 13.1. The van der Waals surface area contributed by atoms with E-state index in [0.29, 0.717) is 47.7 Å². The van der Waals surface area contributed by atoms with Gasteiger partial charge in [-0.3, -0.25) is 9.48 Å². The summed E-state index contributed by atoms with van der Waals surface area (Å²) in [5.41, 5.74) is -1.49. The Morgan fingerprint density at radius 2 is 1.70 bits per heavy atom. The van der Waals surface area contributed by atoms with Crippen LogP contribution in [0.3, 0.4) is 0 Å². The first kappa shape index (κ1) is 38.8. The number of carbonyl (C=O) groups is 2. The molecule has 1 spiro atoms. The van der Waals surface area contributed by atoms with E-state index in [4.69, 9.17) is 14.6 Å². The highest BCUT2D eigenvalue weighted by Crippen LogP contribution is 2.47. The number of aliphatic hydroxyl groups is 1. The summed E-state index contributed by atoms with van der Waals surface area (Å²) in [5.74, 6) is 0.127. The molecule has 53 heavy (non-hydrogen) atoms. The molecule has 2 amide bonds. The molecule has 1 aliphatic heterocycles. The predicted octanol–water partition coefficient (Wildman–Crippen LogP) is 7.70. The van der Waals surface area contributed by atoms with Crippen LogP contribution in [0, 0.1) is 11.3 Å². The van der Waals surface area contributed by atoms with Crippen LogP contribution in [-0.4, -0.2) is 93.2 Å². The van der Waals surface area contributed by atoms with Gasteiger partial charge in [0.25, 0.3) is 5.91 Å². The van der Waals surface area contributed by atoms with E-state index in [-0.39, 0.29) is 17.8 Å². The van der Waals surface area contributed by atoms with Gasteiger partial charge in [0.1, 0.15) is 22.7 Å². The van der Waals surface area contributed by atoms with Gasteiger partial charge in [-0.2, -0.15) is 18.3 Å². The number of anilines is 1. The number of carbonyl (C=O) groups excluding carboxylic acids is 2. The average molecular weight is 743 g/mol. The van der Waals surface area contributed by atoms with E-state index in [2.05, 4.69) is 22.2 Å². The number of likely N-dealkylation sites (N-methyl/N-ethyl adjacent to an activating group) is 1. The lowest BCUT2D eigenvalue weighted by molar-refractivity contribution is -0.141. The van der Waals surface area contributed by atoms with Gasteiger partial charge in [0, 0.05) is 43.8 Å². The molecule has 3 aliphatic rings. The Labute approximate surface area is 309 Å². The van der Waals surface area contributed by atoms with Crippen molar-refractivity contribution in [2.24, 2.45) is 11.3 Å². The number of rotatable bonds is 8. The maximum Gasteiger partial charge on any atom is 0.433 e. The van der Waals surface area contributed by atoms with Crippen molar-refractivity contribution < 1.29 is 37.3 Å². The number of aromatic nitrogens is 3. The predicted molar refractivity (Wildman–Crippen MR) is 195 cm³/mol. The van der Waals surface area contributed by atoms with Crippen LogP contribution in [0.5, 0.6) is 5.75 Å². The van der Waals surface area contributed by atoms with Crippen LogP contribution in [-0.2, 0) is 10.9 Å². The van der Waals surface area contributed by atoms with Gasteiger partial charge in [-0.1, -0.05) is 6.07 Å².